The molecule has 0 saturated carbocycles. The summed E-state index contributed by atoms with van der Waals surface area (Å²) in [7, 11) is 0. The van der Waals surface area contributed by atoms with Gasteiger partial charge in [0.15, 0.2) is 5.76 Å². The number of carbonyl (C=O) groups excluding carboxylic acids is 3. The van der Waals surface area contributed by atoms with Crippen LogP contribution >= 0.6 is 23.1 Å². The van der Waals surface area contributed by atoms with Crippen LogP contribution in [0.1, 0.15) is 46.0 Å². The molecule has 6 rings (SSSR count). The highest BCUT2D eigenvalue weighted by atomic mass is 32.2. The van der Waals surface area contributed by atoms with E-state index in [-0.39, 0.29) is 23.2 Å². The molecule has 1 unspecified atom stereocenters. The zero-order chi connectivity index (χ0) is 28.7. The van der Waals surface area contributed by atoms with Crippen molar-refractivity contribution in [3.63, 3.8) is 0 Å². The zero-order valence-corrected chi connectivity index (χ0v) is 24.2. The molecule has 3 aromatic carbocycles. The van der Waals surface area contributed by atoms with Gasteiger partial charge in [0, 0.05) is 51.8 Å². The number of ether oxygens (including phenoxy) is 1. The normalized spacial score (nSPS) is 16.3. The van der Waals surface area contributed by atoms with Crippen LogP contribution in [0.4, 0.5) is 5.69 Å². The number of thioether (sulfide) groups is 1. The van der Waals surface area contributed by atoms with E-state index < -0.39 is 10.8 Å². The molecule has 0 N–H and O–H groups in total. The molecule has 204 valence electrons. The lowest BCUT2D eigenvalue weighted by atomic mass is 9.97. The van der Waals surface area contributed by atoms with Crippen molar-refractivity contribution in [2.24, 2.45) is 0 Å². The molecular weight excluding hydrogens is 554 g/mol. The van der Waals surface area contributed by atoms with Gasteiger partial charge in [0.05, 0.1) is 5.69 Å². The Labute approximate surface area is 245 Å². The molecule has 2 aromatic heterocycles. The zero-order valence-electron chi connectivity index (χ0n) is 22.5. The van der Waals surface area contributed by atoms with E-state index in [9.17, 15) is 14.4 Å². The third kappa shape index (κ3) is 4.69. The number of benzene rings is 3. The summed E-state index contributed by atoms with van der Waals surface area (Å²) >= 11 is 3.08. The Balaban J connectivity index is 1.62. The molecule has 3 heterocycles. The number of anilines is 1. The lowest BCUT2D eigenvalue weighted by molar-refractivity contribution is -0.131. The lowest BCUT2D eigenvalue weighted by Gasteiger charge is -2.36. The molecule has 0 saturated heterocycles. The highest BCUT2D eigenvalue weighted by Crippen LogP contribution is 2.59. The van der Waals surface area contributed by atoms with E-state index in [1.807, 2.05) is 73.0 Å². The predicted molar refractivity (Wildman–Crippen MR) is 163 cm³/mol. The van der Waals surface area contributed by atoms with Crippen molar-refractivity contribution >= 4 is 63.5 Å². The molecule has 0 fully saturated rings. The Morgan fingerprint density at radius 3 is 2.41 bits per heavy atom. The smallest absolute Gasteiger partial charge is 0.308 e. The van der Waals surface area contributed by atoms with Crippen LogP contribution in [0.5, 0.6) is 5.75 Å². The molecule has 0 aliphatic carbocycles. The topological polar surface area (TPSA) is 76.8 Å². The quantitative estimate of drug-likeness (QED) is 0.115. The van der Waals surface area contributed by atoms with Crippen molar-refractivity contribution in [1.82, 2.24) is 0 Å². The number of thiophene rings is 1. The number of carbonyl (C=O) groups is 3. The van der Waals surface area contributed by atoms with E-state index in [1.54, 1.807) is 46.6 Å². The molecule has 6 nitrogen and oxygen atoms in total. The van der Waals surface area contributed by atoms with Gasteiger partial charge in [-0.15, -0.1) is 11.3 Å². The van der Waals surface area contributed by atoms with Gasteiger partial charge in [-0.2, -0.15) is 0 Å². The summed E-state index contributed by atoms with van der Waals surface area (Å²) in [5.41, 5.74) is 2.94. The van der Waals surface area contributed by atoms with Crippen LogP contribution in [-0.2, 0) is 14.5 Å². The van der Waals surface area contributed by atoms with Gasteiger partial charge in [-0.3, -0.25) is 19.3 Å². The van der Waals surface area contributed by atoms with Gasteiger partial charge in [-0.25, -0.2) is 0 Å². The van der Waals surface area contributed by atoms with Gasteiger partial charge in [0.2, 0.25) is 11.7 Å². The number of para-hydroxylation sites is 1. The molecule has 5 aromatic rings. The van der Waals surface area contributed by atoms with Crippen molar-refractivity contribution in [2.45, 2.75) is 30.5 Å². The molecule has 1 amide bonds. The van der Waals surface area contributed by atoms with Gasteiger partial charge >= 0.3 is 5.97 Å². The summed E-state index contributed by atoms with van der Waals surface area (Å²) in [5.74, 6) is -0.459. The number of hydrogen-bond donors (Lipinski definition) is 0. The Kier molecular flexibility index (Phi) is 6.89. The minimum absolute atomic E-state index is 0.170. The van der Waals surface area contributed by atoms with E-state index in [4.69, 9.17) is 9.15 Å². The van der Waals surface area contributed by atoms with Crippen molar-refractivity contribution < 1.29 is 23.5 Å². The average molecular weight is 580 g/mol. The number of ketones is 1. The van der Waals surface area contributed by atoms with Gasteiger partial charge in [0.1, 0.15) is 16.2 Å². The van der Waals surface area contributed by atoms with Gasteiger partial charge in [0.25, 0.3) is 0 Å². The largest absolute Gasteiger partial charge is 0.452 e. The fraction of sp³-hybridized carbons (Fsp3) is 0.121. The Bertz CT molecular complexity index is 1840. The Morgan fingerprint density at radius 2 is 1.71 bits per heavy atom. The van der Waals surface area contributed by atoms with Crippen LogP contribution in [-0.4, -0.2) is 17.7 Å². The van der Waals surface area contributed by atoms with Gasteiger partial charge < -0.3 is 9.15 Å². The summed E-state index contributed by atoms with van der Waals surface area (Å²) in [6.07, 6.45) is 3.96. The van der Waals surface area contributed by atoms with Crippen molar-refractivity contribution in [2.75, 3.05) is 4.90 Å². The Morgan fingerprint density at radius 1 is 0.951 bits per heavy atom. The van der Waals surface area contributed by atoms with E-state index >= 15 is 0 Å². The van der Waals surface area contributed by atoms with Crippen LogP contribution in [0.25, 0.3) is 17.0 Å². The van der Waals surface area contributed by atoms with Crippen LogP contribution in [0.2, 0.25) is 0 Å². The monoisotopic (exact) mass is 579 g/mol. The summed E-state index contributed by atoms with van der Waals surface area (Å²) in [5, 5.41) is 2.68. The molecule has 0 spiro atoms. The molecule has 41 heavy (non-hydrogen) atoms. The minimum atomic E-state index is -1.09. The van der Waals surface area contributed by atoms with Crippen molar-refractivity contribution in [1.29, 1.82) is 0 Å². The van der Waals surface area contributed by atoms with E-state index in [0.29, 0.717) is 27.7 Å². The number of esters is 1. The number of nitrogens with zero attached hydrogens (tertiary/aromatic N) is 1. The molecule has 8 heteroatoms. The first kappa shape index (κ1) is 26.8. The summed E-state index contributed by atoms with van der Waals surface area (Å²) in [4.78, 5) is 41.7. The van der Waals surface area contributed by atoms with Gasteiger partial charge in [-0.1, -0.05) is 60.3 Å². The molecule has 1 atom stereocenters. The fourth-order valence-electron chi connectivity index (χ4n) is 5.18. The lowest BCUT2D eigenvalue weighted by Crippen LogP contribution is -2.42. The second kappa shape index (κ2) is 10.5. The van der Waals surface area contributed by atoms with Gasteiger partial charge in [-0.05, 0) is 48.7 Å². The molecule has 1 aliphatic rings. The predicted octanol–water partition coefficient (Wildman–Crippen LogP) is 7.98. The number of aryl methyl sites for hydroxylation is 1. The van der Waals surface area contributed by atoms with Crippen molar-refractivity contribution in [3.05, 3.63) is 118 Å². The van der Waals surface area contributed by atoms with E-state index in [1.165, 1.54) is 25.6 Å². The van der Waals surface area contributed by atoms with E-state index in [0.717, 1.165) is 15.5 Å². The molecule has 1 aliphatic heterocycles. The minimum Gasteiger partial charge on any atom is -0.452 e. The molecular formula is C33H25NO5S2. The third-order valence-electron chi connectivity index (χ3n) is 6.96. The van der Waals surface area contributed by atoms with Crippen LogP contribution in [0.3, 0.4) is 0 Å². The second-order valence-corrected chi connectivity index (χ2v) is 11.9. The number of furan rings is 1. The van der Waals surface area contributed by atoms with E-state index in [2.05, 4.69) is 0 Å². The first-order valence-electron chi connectivity index (χ1n) is 13.0. The number of fused-ring (bicyclic) bond motifs is 2. The standard InChI is InChI=1S/C33H25NO5S2/c1-20-25-18-26(29(38-22(3)36)19-28(25)39-32(20)31(37)23-10-5-4-6-11-23)33(16-15-24-12-9-17-40-24)34(21(2)35)27-13-7-8-14-30(27)41-33/h4-19H,1-3H3/b16-15+. The highest BCUT2D eigenvalue weighted by Gasteiger charge is 2.48. The first-order chi connectivity index (χ1) is 19.8. The maximum Gasteiger partial charge on any atom is 0.308 e. The summed E-state index contributed by atoms with van der Waals surface area (Å²) < 4.78 is 11.9. The maximum absolute atomic E-state index is 13.4. The number of rotatable bonds is 6. The molecule has 0 bridgehead atoms. The Hall–Kier alpha value is -4.40. The maximum atomic E-state index is 13.4. The van der Waals surface area contributed by atoms with Crippen LogP contribution in [0, 0.1) is 6.92 Å². The third-order valence-corrected chi connectivity index (χ3v) is 9.21. The highest BCUT2D eigenvalue weighted by molar-refractivity contribution is 8.01. The summed E-state index contributed by atoms with van der Waals surface area (Å²) in [6, 6.07) is 24.1. The number of amides is 1. The number of hydrogen-bond acceptors (Lipinski definition) is 7. The fourth-order valence-corrected chi connectivity index (χ4v) is 7.27. The average Bonchev–Trinajstić information content (AvgIpc) is 3.68. The molecule has 0 radical (unpaired) electrons. The van der Waals surface area contributed by atoms with Crippen LogP contribution < -0.4 is 9.64 Å². The van der Waals surface area contributed by atoms with Crippen molar-refractivity contribution in [3.8, 4) is 5.75 Å². The second-order valence-electron chi connectivity index (χ2n) is 9.66. The SMILES string of the molecule is CC(=O)Oc1cc2oc(C(=O)c3ccccc3)c(C)c2cc1C1(/C=C/c2cccs2)Sc2ccccc2N1C(C)=O. The first-order valence-corrected chi connectivity index (χ1v) is 14.7. The van der Waals surface area contributed by atoms with Crippen LogP contribution in [0.15, 0.2) is 99.6 Å². The summed E-state index contributed by atoms with van der Waals surface area (Å²) in [6.45, 7) is 4.70.